The van der Waals surface area contributed by atoms with Gasteiger partial charge in [0, 0.05) is 24.6 Å². The molecule has 0 radical (unpaired) electrons. The van der Waals surface area contributed by atoms with E-state index in [1.807, 2.05) is 27.7 Å². The number of rotatable bonds is 7. The van der Waals surface area contributed by atoms with E-state index in [1.165, 1.54) is 37.4 Å². The van der Waals surface area contributed by atoms with E-state index in [1.54, 1.807) is 0 Å². The minimum absolute atomic E-state index is 0. The maximum Gasteiger partial charge on any atom is 1.00 e. The van der Waals surface area contributed by atoms with Crippen LogP contribution in [-0.2, 0) is 18.9 Å². The van der Waals surface area contributed by atoms with Crippen LogP contribution in [0.4, 0.5) is 0 Å². The molecule has 0 amide bonds. The van der Waals surface area contributed by atoms with Gasteiger partial charge in [0.05, 0.1) is 25.4 Å². The molecule has 2 heterocycles. The first-order valence-corrected chi connectivity index (χ1v) is 14.6. The van der Waals surface area contributed by atoms with E-state index < -0.39 is 5.79 Å². The number of ether oxygens (including phenoxy) is 4. The number of alkyl halides is 1. The Labute approximate surface area is 243 Å². The maximum atomic E-state index is 5.70. The summed E-state index contributed by atoms with van der Waals surface area (Å²) in [6.07, 6.45) is 18.3. The van der Waals surface area contributed by atoms with Crippen molar-refractivity contribution < 1.29 is 37.8 Å². The van der Waals surface area contributed by atoms with Crippen LogP contribution >= 0.6 is 15.9 Å². The molecule has 36 heavy (non-hydrogen) atoms. The normalized spacial score (nSPS) is 24.6. The van der Waals surface area contributed by atoms with Crippen LogP contribution in [0.1, 0.15) is 105 Å². The first-order chi connectivity index (χ1) is 16.6. The van der Waals surface area contributed by atoms with E-state index in [-0.39, 0.29) is 36.9 Å². The molecule has 4 aliphatic rings. The fraction of sp³-hybridized carbons (Fsp3) is 0.833. The van der Waals surface area contributed by atoms with Crippen LogP contribution in [0.3, 0.4) is 0 Å². The summed E-state index contributed by atoms with van der Waals surface area (Å²) in [6.45, 7) is 14.9. The van der Waals surface area contributed by atoms with Gasteiger partial charge in [-0.2, -0.15) is 6.42 Å². The second kappa shape index (κ2) is 20.0. The van der Waals surface area contributed by atoms with Crippen molar-refractivity contribution in [2.24, 2.45) is 11.8 Å². The van der Waals surface area contributed by atoms with Gasteiger partial charge in [-0.1, -0.05) is 29.3 Å². The average molecular weight is 562 g/mol. The standard InChI is InChI=1S/C13H20O2.C9H14O2.C4H7Br.C4H9.Li/c1-13(2)14-10-12(15-13)7-5-3-4-6-11-8-9-11;1-4-5-6-8-7-10-9(2,3)11-8;5-3-4-1-2-4;1-3-4-2;/h11-12H,5-10H2,1-2H3;1,8H,5-7H2,2-3H3;4H,1-3H2;1,3-4H2,2H3;/q;;;-1;+1. The van der Waals surface area contributed by atoms with Gasteiger partial charge in [-0.3, -0.25) is 0 Å². The zero-order chi connectivity index (χ0) is 26.2. The second-order valence-corrected chi connectivity index (χ2v) is 11.3. The number of hydrogen-bond donors (Lipinski definition) is 0. The van der Waals surface area contributed by atoms with Crippen LogP contribution in [-0.4, -0.2) is 42.3 Å². The van der Waals surface area contributed by atoms with Crippen molar-refractivity contribution in [3.63, 3.8) is 0 Å². The Morgan fingerprint density at radius 2 is 1.33 bits per heavy atom. The molecule has 6 heteroatoms. The van der Waals surface area contributed by atoms with Crippen LogP contribution in [0, 0.1) is 42.9 Å². The van der Waals surface area contributed by atoms with Crippen molar-refractivity contribution in [1.29, 1.82) is 0 Å². The molecule has 2 aliphatic heterocycles. The Hall–Kier alpha value is 0.0374. The molecule has 0 bridgehead atoms. The van der Waals surface area contributed by atoms with Crippen LogP contribution < -0.4 is 18.9 Å². The molecule has 0 aromatic heterocycles. The van der Waals surface area contributed by atoms with Crippen LogP contribution in [0.15, 0.2) is 0 Å². The molecule has 2 atom stereocenters. The summed E-state index contributed by atoms with van der Waals surface area (Å²) in [6, 6.07) is 0. The minimum Gasteiger partial charge on any atom is -0.348 e. The summed E-state index contributed by atoms with van der Waals surface area (Å²) in [5.41, 5.74) is 0. The third-order valence-electron chi connectivity index (χ3n) is 5.82. The Balaban J connectivity index is 0.000000510. The van der Waals surface area contributed by atoms with Gasteiger partial charge in [0.2, 0.25) is 0 Å². The molecule has 0 N–H and O–H groups in total. The SMILES string of the molecule is BrCC1CC1.C#CCCC1COC(C)(C)O1.CC1(C)OCC(CCC#CCC2CC2)O1.[CH2-]CCC.[Li+]. The predicted octanol–water partition coefficient (Wildman–Crippen LogP) is 4.69. The summed E-state index contributed by atoms with van der Waals surface area (Å²) in [4.78, 5) is 0. The Morgan fingerprint density at radius 3 is 1.64 bits per heavy atom. The molecule has 202 valence electrons. The van der Waals surface area contributed by atoms with Crippen LogP contribution in [0.2, 0.25) is 0 Å². The van der Waals surface area contributed by atoms with Gasteiger partial charge in [0.15, 0.2) is 11.6 Å². The van der Waals surface area contributed by atoms with Crippen molar-refractivity contribution in [3.8, 4) is 24.2 Å². The summed E-state index contributed by atoms with van der Waals surface area (Å²) in [7, 11) is 0. The first kappa shape index (κ1) is 36.0. The zero-order valence-corrected chi connectivity index (χ0v) is 25.6. The molecule has 0 aromatic rings. The summed E-state index contributed by atoms with van der Waals surface area (Å²) in [5.74, 6) is 10.2. The van der Waals surface area contributed by atoms with E-state index in [0.717, 1.165) is 57.0 Å². The molecule has 2 aliphatic carbocycles. The van der Waals surface area contributed by atoms with Gasteiger partial charge in [0.25, 0.3) is 0 Å². The predicted molar refractivity (Wildman–Crippen MR) is 149 cm³/mol. The van der Waals surface area contributed by atoms with E-state index in [0.29, 0.717) is 6.61 Å². The quantitative estimate of drug-likeness (QED) is 0.196. The molecule has 4 rings (SSSR count). The molecule has 4 fully saturated rings. The van der Waals surface area contributed by atoms with Gasteiger partial charge in [-0.15, -0.1) is 24.2 Å². The molecular formula is C30H50BrLiO4. The number of unbranched alkanes of at least 4 members (excludes halogenated alkanes) is 1. The molecule has 2 saturated heterocycles. The van der Waals surface area contributed by atoms with Crippen molar-refractivity contribution in [2.45, 2.75) is 129 Å². The average Bonchev–Trinajstić information content (AvgIpc) is 3.75. The Morgan fingerprint density at radius 1 is 0.861 bits per heavy atom. The Bertz CT molecular complexity index is 654. The van der Waals surface area contributed by atoms with Crippen molar-refractivity contribution in [2.75, 3.05) is 18.5 Å². The molecular weight excluding hydrogens is 511 g/mol. The molecule has 0 spiro atoms. The largest absolute Gasteiger partial charge is 1.00 e. The minimum atomic E-state index is -0.404. The number of hydrogen-bond acceptors (Lipinski definition) is 4. The van der Waals surface area contributed by atoms with Gasteiger partial charge in [0.1, 0.15) is 0 Å². The molecule has 0 aromatic carbocycles. The third-order valence-corrected chi connectivity index (χ3v) is 6.73. The van der Waals surface area contributed by atoms with Crippen molar-refractivity contribution in [3.05, 3.63) is 6.92 Å². The monoisotopic (exact) mass is 560 g/mol. The second-order valence-electron chi connectivity index (χ2n) is 10.6. The Kier molecular flexibility index (Phi) is 20.0. The summed E-state index contributed by atoms with van der Waals surface area (Å²) in [5, 5.41) is 1.23. The van der Waals surface area contributed by atoms with E-state index in [2.05, 4.69) is 47.5 Å². The van der Waals surface area contributed by atoms with Crippen LogP contribution in [0.25, 0.3) is 0 Å². The summed E-state index contributed by atoms with van der Waals surface area (Å²) >= 11 is 3.38. The van der Waals surface area contributed by atoms with Crippen LogP contribution in [0.5, 0.6) is 0 Å². The fourth-order valence-electron chi connectivity index (χ4n) is 3.19. The van der Waals surface area contributed by atoms with E-state index in [4.69, 9.17) is 25.4 Å². The van der Waals surface area contributed by atoms with Crippen molar-refractivity contribution in [1.82, 2.24) is 0 Å². The van der Waals surface area contributed by atoms with Gasteiger partial charge >= 0.3 is 18.9 Å². The molecule has 4 nitrogen and oxygen atoms in total. The van der Waals surface area contributed by atoms with Gasteiger partial charge in [-0.25, -0.2) is 0 Å². The zero-order valence-electron chi connectivity index (χ0n) is 24.0. The van der Waals surface area contributed by atoms with E-state index in [9.17, 15) is 0 Å². The number of halogens is 1. The molecule has 2 unspecified atom stereocenters. The van der Waals surface area contributed by atoms with Crippen molar-refractivity contribution >= 4 is 15.9 Å². The summed E-state index contributed by atoms with van der Waals surface area (Å²) < 4.78 is 22.1. The van der Waals surface area contributed by atoms with Gasteiger partial charge < -0.3 is 25.9 Å². The fourth-order valence-corrected chi connectivity index (χ4v) is 3.83. The molecule has 2 saturated carbocycles. The topological polar surface area (TPSA) is 36.9 Å². The maximum absolute atomic E-state index is 5.70. The first-order valence-electron chi connectivity index (χ1n) is 13.5. The smallest absolute Gasteiger partial charge is 0.348 e. The third kappa shape index (κ3) is 20.1. The van der Waals surface area contributed by atoms with E-state index >= 15 is 0 Å². The number of terminal acetylenes is 1. The van der Waals surface area contributed by atoms with Gasteiger partial charge in [-0.05, 0) is 78.1 Å².